The second-order valence-electron chi connectivity index (χ2n) is 9.79. The number of fused-ring (bicyclic) bond motifs is 1. The number of imidazole rings is 1. The number of hydrogen-bond donors (Lipinski definition) is 0. The van der Waals surface area contributed by atoms with Crippen molar-refractivity contribution in [3.05, 3.63) is 66.0 Å². The van der Waals surface area contributed by atoms with Gasteiger partial charge < -0.3 is 14.0 Å². The minimum absolute atomic E-state index is 0.229. The fourth-order valence-corrected chi connectivity index (χ4v) is 4.33. The van der Waals surface area contributed by atoms with Gasteiger partial charge in [-0.1, -0.05) is 70.5 Å². The van der Waals surface area contributed by atoms with E-state index in [1.165, 1.54) is 16.8 Å². The molecule has 0 fully saturated rings. The summed E-state index contributed by atoms with van der Waals surface area (Å²) < 4.78 is 13.5. The molecule has 0 saturated carbocycles. The Hall–Kier alpha value is -2.79. The van der Waals surface area contributed by atoms with Crippen molar-refractivity contribution < 1.29 is 9.47 Å². The third-order valence-corrected chi connectivity index (χ3v) is 6.54. The molecule has 1 aliphatic heterocycles. The van der Waals surface area contributed by atoms with Gasteiger partial charge in [0, 0.05) is 31.7 Å². The standard InChI is InChI=1S/C28H37N3O2/c1-5-7-15-31-24(17-29-27(31)23-11-9-8-10-12-23)19-30(20-28(3,4)6-2)18-22-13-14-25-26(16-22)33-21-32-25/h8-14,16-17H,5-7,15,18-21H2,1-4H3. The highest BCUT2D eigenvalue weighted by Crippen LogP contribution is 2.33. The van der Waals surface area contributed by atoms with Crippen molar-refractivity contribution in [2.45, 2.75) is 66.6 Å². The van der Waals surface area contributed by atoms with Crippen molar-refractivity contribution in [3.8, 4) is 22.9 Å². The van der Waals surface area contributed by atoms with E-state index in [4.69, 9.17) is 14.5 Å². The Bertz CT molecular complexity index is 1040. The Morgan fingerprint density at radius 2 is 1.79 bits per heavy atom. The van der Waals surface area contributed by atoms with Crippen molar-refractivity contribution in [2.24, 2.45) is 5.41 Å². The molecule has 1 aromatic heterocycles. The Balaban J connectivity index is 1.61. The lowest BCUT2D eigenvalue weighted by atomic mass is 9.89. The fourth-order valence-electron chi connectivity index (χ4n) is 4.33. The van der Waals surface area contributed by atoms with Gasteiger partial charge in [-0.3, -0.25) is 4.90 Å². The SMILES string of the molecule is CCCCn1c(CN(Cc2ccc3c(c2)OCO3)CC(C)(C)CC)cnc1-c1ccccc1. The van der Waals surface area contributed by atoms with Gasteiger partial charge >= 0.3 is 0 Å². The van der Waals surface area contributed by atoms with E-state index in [1.807, 2.05) is 6.07 Å². The minimum Gasteiger partial charge on any atom is -0.454 e. The lowest BCUT2D eigenvalue weighted by Gasteiger charge is -2.32. The first-order valence-electron chi connectivity index (χ1n) is 12.2. The molecule has 33 heavy (non-hydrogen) atoms. The molecule has 5 nitrogen and oxygen atoms in total. The molecule has 2 heterocycles. The van der Waals surface area contributed by atoms with E-state index in [0.717, 1.165) is 62.8 Å². The Morgan fingerprint density at radius 3 is 2.55 bits per heavy atom. The topological polar surface area (TPSA) is 39.5 Å². The Morgan fingerprint density at radius 1 is 1.00 bits per heavy atom. The van der Waals surface area contributed by atoms with Crippen LogP contribution in [0.25, 0.3) is 11.4 Å². The molecular formula is C28H37N3O2. The molecule has 0 radical (unpaired) electrons. The second kappa shape index (κ2) is 10.4. The van der Waals surface area contributed by atoms with Crippen LogP contribution < -0.4 is 9.47 Å². The number of nitrogens with zero attached hydrogens (tertiary/aromatic N) is 3. The molecule has 2 aromatic carbocycles. The molecule has 5 heteroatoms. The molecule has 0 bridgehead atoms. The largest absolute Gasteiger partial charge is 0.454 e. The highest BCUT2D eigenvalue weighted by atomic mass is 16.7. The average molecular weight is 448 g/mol. The van der Waals surface area contributed by atoms with E-state index in [2.05, 4.69) is 85.8 Å². The van der Waals surface area contributed by atoms with E-state index in [1.54, 1.807) is 0 Å². The first-order valence-corrected chi connectivity index (χ1v) is 12.2. The Labute approximate surface area is 198 Å². The number of unbranched alkanes of at least 4 members (excludes halogenated alkanes) is 1. The lowest BCUT2D eigenvalue weighted by molar-refractivity contribution is 0.156. The van der Waals surface area contributed by atoms with Crippen molar-refractivity contribution >= 4 is 0 Å². The van der Waals surface area contributed by atoms with E-state index in [9.17, 15) is 0 Å². The van der Waals surface area contributed by atoms with Crippen molar-refractivity contribution in [1.29, 1.82) is 0 Å². The molecule has 0 atom stereocenters. The number of hydrogen-bond acceptors (Lipinski definition) is 4. The Kier molecular flexibility index (Phi) is 7.39. The molecule has 1 aliphatic rings. The van der Waals surface area contributed by atoms with Crippen molar-refractivity contribution in [1.82, 2.24) is 14.5 Å². The molecule has 4 rings (SSSR count). The van der Waals surface area contributed by atoms with E-state index < -0.39 is 0 Å². The molecule has 0 unspecified atom stereocenters. The number of rotatable bonds is 11. The molecule has 0 aliphatic carbocycles. The van der Waals surface area contributed by atoms with Crippen molar-refractivity contribution in [2.75, 3.05) is 13.3 Å². The summed E-state index contributed by atoms with van der Waals surface area (Å²) in [6, 6.07) is 16.8. The zero-order valence-corrected chi connectivity index (χ0v) is 20.5. The lowest BCUT2D eigenvalue weighted by Crippen LogP contribution is -2.34. The van der Waals surface area contributed by atoms with Gasteiger partial charge in [0.25, 0.3) is 0 Å². The second-order valence-corrected chi connectivity index (χ2v) is 9.79. The first kappa shape index (κ1) is 23.4. The molecule has 0 amide bonds. The maximum absolute atomic E-state index is 5.62. The monoisotopic (exact) mass is 447 g/mol. The highest BCUT2D eigenvalue weighted by molar-refractivity contribution is 5.55. The van der Waals surface area contributed by atoms with Crippen LogP contribution in [0, 0.1) is 5.41 Å². The summed E-state index contributed by atoms with van der Waals surface area (Å²) in [5, 5.41) is 0. The maximum atomic E-state index is 5.62. The van der Waals surface area contributed by atoms with Gasteiger partial charge in [0.05, 0.1) is 11.9 Å². The summed E-state index contributed by atoms with van der Waals surface area (Å²) in [6.07, 6.45) is 5.51. The van der Waals surface area contributed by atoms with Gasteiger partial charge in [0.2, 0.25) is 6.79 Å². The fraction of sp³-hybridized carbons (Fsp3) is 0.464. The summed E-state index contributed by atoms with van der Waals surface area (Å²) in [5.74, 6) is 2.75. The van der Waals surface area contributed by atoms with Crippen LogP contribution in [0.15, 0.2) is 54.7 Å². The summed E-state index contributed by atoms with van der Waals surface area (Å²) >= 11 is 0. The van der Waals surface area contributed by atoms with Crippen LogP contribution in [0.3, 0.4) is 0 Å². The van der Waals surface area contributed by atoms with E-state index >= 15 is 0 Å². The number of aromatic nitrogens is 2. The predicted octanol–water partition coefficient (Wildman–Crippen LogP) is 6.52. The van der Waals surface area contributed by atoms with Crippen LogP contribution in [-0.2, 0) is 19.6 Å². The summed E-state index contributed by atoms with van der Waals surface area (Å²) in [6.45, 7) is 13.3. The van der Waals surface area contributed by atoms with Crippen LogP contribution in [0.1, 0.15) is 58.2 Å². The highest BCUT2D eigenvalue weighted by Gasteiger charge is 2.23. The van der Waals surface area contributed by atoms with Gasteiger partial charge in [0.15, 0.2) is 11.5 Å². The number of benzene rings is 2. The molecular weight excluding hydrogens is 410 g/mol. The molecule has 0 saturated heterocycles. The van der Waals surface area contributed by atoms with Crippen LogP contribution in [0.4, 0.5) is 0 Å². The first-order chi connectivity index (χ1) is 16.0. The van der Waals surface area contributed by atoms with Crippen LogP contribution >= 0.6 is 0 Å². The van der Waals surface area contributed by atoms with Gasteiger partial charge in [-0.05, 0) is 36.0 Å². The average Bonchev–Trinajstić information content (AvgIpc) is 3.44. The van der Waals surface area contributed by atoms with Crippen molar-refractivity contribution in [3.63, 3.8) is 0 Å². The van der Waals surface area contributed by atoms with E-state index in [0.29, 0.717) is 6.79 Å². The number of ether oxygens (including phenoxy) is 2. The van der Waals surface area contributed by atoms with Crippen LogP contribution in [-0.4, -0.2) is 27.8 Å². The van der Waals surface area contributed by atoms with Gasteiger partial charge in [-0.25, -0.2) is 4.98 Å². The maximum Gasteiger partial charge on any atom is 0.231 e. The zero-order valence-electron chi connectivity index (χ0n) is 20.5. The summed E-state index contributed by atoms with van der Waals surface area (Å²) in [4.78, 5) is 7.41. The van der Waals surface area contributed by atoms with Gasteiger partial charge in [0.1, 0.15) is 5.82 Å². The molecule has 176 valence electrons. The summed E-state index contributed by atoms with van der Waals surface area (Å²) in [7, 11) is 0. The van der Waals surface area contributed by atoms with E-state index in [-0.39, 0.29) is 5.41 Å². The van der Waals surface area contributed by atoms with Gasteiger partial charge in [-0.15, -0.1) is 0 Å². The predicted molar refractivity (Wildman–Crippen MR) is 133 cm³/mol. The van der Waals surface area contributed by atoms with Crippen LogP contribution in [0.5, 0.6) is 11.5 Å². The zero-order chi connectivity index (χ0) is 23.3. The van der Waals surface area contributed by atoms with Crippen LogP contribution in [0.2, 0.25) is 0 Å². The minimum atomic E-state index is 0.229. The summed E-state index contributed by atoms with van der Waals surface area (Å²) in [5.41, 5.74) is 3.92. The molecule has 0 N–H and O–H groups in total. The quantitative estimate of drug-likeness (QED) is 0.336. The smallest absolute Gasteiger partial charge is 0.231 e. The third kappa shape index (κ3) is 5.77. The molecule has 3 aromatic rings. The third-order valence-electron chi connectivity index (χ3n) is 6.54. The van der Waals surface area contributed by atoms with Gasteiger partial charge in [-0.2, -0.15) is 0 Å². The molecule has 0 spiro atoms. The normalized spacial score (nSPS) is 13.1.